The number of halogens is 1. The van der Waals surface area contributed by atoms with Crippen molar-refractivity contribution in [3.63, 3.8) is 0 Å². The Morgan fingerprint density at radius 2 is 2.26 bits per heavy atom. The van der Waals surface area contributed by atoms with E-state index in [2.05, 4.69) is 10.3 Å². The predicted octanol–water partition coefficient (Wildman–Crippen LogP) is 2.90. The van der Waals surface area contributed by atoms with E-state index >= 15 is 0 Å². The largest absolute Gasteiger partial charge is 0.476 e. The van der Waals surface area contributed by atoms with Gasteiger partial charge >= 0.3 is 5.97 Å². The first-order valence-electron chi connectivity index (χ1n) is 5.18. The van der Waals surface area contributed by atoms with Crippen LogP contribution in [0.15, 0.2) is 18.2 Å². The van der Waals surface area contributed by atoms with E-state index < -0.39 is 11.8 Å². The van der Waals surface area contributed by atoms with Crippen molar-refractivity contribution in [2.24, 2.45) is 0 Å². The maximum Gasteiger partial charge on any atom is 0.357 e. The maximum absolute atomic E-state index is 13.3. The van der Waals surface area contributed by atoms with Crippen molar-refractivity contribution in [2.45, 2.75) is 6.92 Å². The molecule has 2 N–H and O–H groups in total. The van der Waals surface area contributed by atoms with Crippen molar-refractivity contribution in [1.82, 2.24) is 4.98 Å². The normalized spacial score (nSPS) is 9.95. The lowest BCUT2D eigenvalue weighted by atomic mass is 10.2. The molecule has 5 nitrogen and oxygen atoms in total. The second kappa shape index (κ2) is 5.04. The zero-order chi connectivity index (χ0) is 14.0. The number of nitriles is 1. The van der Waals surface area contributed by atoms with Crippen LogP contribution in [-0.2, 0) is 0 Å². The van der Waals surface area contributed by atoms with Crippen molar-refractivity contribution in [3.05, 3.63) is 40.3 Å². The minimum atomic E-state index is -1.16. The van der Waals surface area contributed by atoms with Gasteiger partial charge in [0.25, 0.3) is 0 Å². The monoisotopic (exact) mass is 277 g/mol. The van der Waals surface area contributed by atoms with E-state index in [1.165, 1.54) is 12.1 Å². The number of carboxylic acids is 1. The Balaban J connectivity index is 2.39. The van der Waals surface area contributed by atoms with Gasteiger partial charge in [0.05, 0.1) is 16.6 Å². The van der Waals surface area contributed by atoms with Crippen LogP contribution in [0.1, 0.15) is 21.1 Å². The molecule has 0 spiro atoms. The Morgan fingerprint density at radius 3 is 2.89 bits per heavy atom. The van der Waals surface area contributed by atoms with E-state index in [9.17, 15) is 9.18 Å². The van der Waals surface area contributed by atoms with Crippen LogP contribution in [0.4, 0.5) is 15.1 Å². The van der Waals surface area contributed by atoms with Gasteiger partial charge in [0.1, 0.15) is 10.8 Å². The van der Waals surface area contributed by atoms with Gasteiger partial charge < -0.3 is 10.4 Å². The number of anilines is 2. The standard InChI is InChI=1S/C12H8FN3O2S/c1-6-15-10(12(17)18)11(19-6)16-9-3-7(5-14)2-8(13)4-9/h2-4,16H,1H3,(H,17,18). The van der Waals surface area contributed by atoms with Crippen LogP contribution in [0, 0.1) is 24.1 Å². The van der Waals surface area contributed by atoms with Crippen LogP contribution in [0.2, 0.25) is 0 Å². The Hall–Kier alpha value is -2.46. The minimum Gasteiger partial charge on any atom is -0.476 e. The molecule has 0 aliphatic heterocycles. The molecule has 1 heterocycles. The van der Waals surface area contributed by atoms with Gasteiger partial charge in [-0.05, 0) is 25.1 Å². The van der Waals surface area contributed by atoms with Crippen LogP contribution < -0.4 is 5.32 Å². The lowest BCUT2D eigenvalue weighted by molar-refractivity contribution is 0.0692. The van der Waals surface area contributed by atoms with Crippen molar-refractivity contribution in [3.8, 4) is 6.07 Å². The van der Waals surface area contributed by atoms with Gasteiger partial charge in [-0.15, -0.1) is 11.3 Å². The molecular formula is C12H8FN3O2S. The lowest BCUT2D eigenvalue weighted by Crippen LogP contribution is -2.01. The van der Waals surface area contributed by atoms with Crippen LogP contribution in [-0.4, -0.2) is 16.1 Å². The third-order valence-electron chi connectivity index (χ3n) is 2.22. The average Bonchev–Trinajstić information content (AvgIpc) is 2.69. The summed E-state index contributed by atoms with van der Waals surface area (Å²) in [7, 11) is 0. The highest BCUT2D eigenvalue weighted by Crippen LogP contribution is 2.28. The summed E-state index contributed by atoms with van der Waals surface area (Å²) in [5, 5.41) is 21.4. The topological polar surface area (TPSA) is 86.0 Å². The third kappa shape index (κ3) is 2.86. The van der Waals surface area contributed by atoms with Crippen LogP contribution in [0.5, 0.6) is 0 Å². The highest BCUT2D eigenvalue weighted by Gasteiger charge is 2.16. The van der Waals surface area contributed by atoms with E-state index in [1.54, 1.807) is 6.92 Å². The number of aryl methyl sites for hydroxylation is 1. The van der Waals surface area contributed by atoms with Crippen LogP contribution in [0.25, 0.3) is 0 Å². The van der Waals surface area contributed by atoms with Gasteiger partial charge in [-0.2, -0.15) is 5.26 Å². The summed E-state index contributed by atoms with van der Waals surface area (Å²) < 4.78 is 13.3. The third-order valence-corrected chi connectivity index (χ3v) is 3.11. The molecular weight excluding hydrogens is 269 g/mol. The maximum atomic E-state index is 13.3. The van der Waals surface area contributed by atoms with Gasteiger partial charge in [0, 0.05) is 5.69 Å². The summed E-state index contributed by atoms with van der Waals surface area (Å²) in [6, 6.07) is 5.54. The van der Waals surface area contributed by atoms with E-state index in [4.69, 9.17) is 10.4 Å². The van der Waals surface area contributed by atoms with Crippen molar-refractivity contribution in [1.29, 1.82) is 5.26 Å². The Kier molecular flexibility index (Phi) is 3.44. The molecule has 2 rings (SSSR count). The minimum absolute atomic E-state index is 0.120. The van der Waals surface area contributed by atoms with Crippen molar-refractivity contribution >= 4 is 28.0 Å². The number of carboxylic acid groups (broad SMARTS) is 1. The summed E-state index contributed by atoms with van der Waals surface area (Å²) in [5.41, 5.74) is 0.341. The van der Waals surface area contributed by atoms with Crippen molar-refractivity contribution in [2.75, 3.05) is 5.32 Å². The highest BCUT2D eigenvalue weighted by molar-refractivity contribution is 7.16. The molecule has 0 bridgehead atoms. The summed E-state index contributed by atoms with van der Waals surface area (Å²) >= 11 is 1.15. The van der Waals surface area contributed by atoms with Gasteiger partial charge in [0.15, 0.2) is 5.69 Å². The van der Waals surface area contributed by atoms with Gasteiger partial charge in [0.2, 0.25) is 0 Å². The zero-order valence-electron chi connectivity index (χ0n) is 9.77. The molecule has 0 fully saturated rings. The van der Waals surface area contributed by atoms with E-state index in [0.717, 1.165) is 17.4 Å². The molecule has 2 aromatic rings. The molecule has 0 amide bonds. The van der Waals surface area contributed by atoms with Crippen molar-refractivity contribution < 1.29 is 14.3 Å². The number of hydrogen-bond acceptors (Lipinski definition) is 5. The average molecular weight is 277 g/mol. The number of aromatic carboxylic acids is 1. The van der Waals surface area contributed by atoms with Crippen LogP contribution in [0.3, 0.4) is 0 Å². The first-order valence-corrected chi connectivity index (χ1v) is 5.99. The lowest BCUT2D eigenvalue weighted by Gasteiger charge is -2.05. The fourth-order valence-corrected chi connectivity index (χ4v) is 2.35. The molecule has 0 atom stereocenters. The van der Waals surface area contributed by atoms with Gasteiger partial charge in [-0.1, -0.05) is 0 Å². The number of nitrogens with zero attached hydrogens (tertiary/aromatic N) is 2. The summed E-state index contributed by atoms with van der Waals surface area (Å²) in [6.45, 7) is 1.68. The Bertz CT molecular complexity index is 691. The number of thiazole rings is 1. The SMILES string of the molecule is Cc1nc(C(=O)O)c(Nc2cc(F)cc(C#N)c2)s1. The summed E-state index contributed by atoms with van der Waals surface area (Å²) in [6.07, 6.45) is 0. The highest BCUT2D eigenvalue weighted by atomic mass is 32.1. The Labute approximate surface area is 112 Å². The number of benzene rings is 1. The molecule has 0 aliphatic carbocycles. The summed E-state index contributed by atoms with van der Waals surface area (Å²) in [5.74, 6) is -1.73. The summed E-state index contributed by atoms with van der Waals surface area (Å²) in [4.78, 5) is 14.9. The Morgan fingerprint density at radius 1 is 1.53 bits per heavy atom. The number of hydrogen-bond donors (Lipinski definition) is 2. The molecule has 0 saturated carbocycles. The molecule has 7 heteroatoms. The number of carbonyl (C=O) groups is 1. The van der Waals surface area contributed by atoms with E-state index in [-0.39, 0.29) is 11.3 Å². The number of rotatable bonds is 3. The fraction of sp³-hybridized carbons (Fsp3) is 0.0833. The van der Waals surface area contributed by atoms with Gasteiger partial charge in [-0.25, -0.2) is 14.2 Å². The fourth-order valence-electron chi connectivity index (χ4n) is 1.51. The first-order chi connectivity index (χ1) is 8.99. The molecule has 0 radical (unpaired) electrons. The first kappa shape index (κ1) is 13.0. The second-order valence-corrected chi connectivity index (χ2v) is 4.88. The van der Waals surface area contributed by atoms with E-state index in [0.29, 0.717) is 15.7 Å². The molecule has 19 heavy (non-hydrogen) atoms. The van der Waals surface area contributed by atoms with Crippen LogP contribution >= 0.6 is 11.3 Å². The molecule has 0 aliphatic rings. The quantitative estimate of drug-likeness (QED) is 0.900. The predicted molar refractivity (Wildman–Crippen MR) is 68.2 cm³/mol. The molecule has 1 aromatic heterocycles. The number of nitrogens with one attached hydrogen (secondary N) is 1. The molecule has 96 valence electrons. The smallest absolute Gasteiger partial charge is 0.357 e. The molecule has 0 unspecified atom stereocenters. The number of aromatic nitrogens is 1. The molecule has 1 aromatic carbocycles. The van der Waals surface area contributed by atoms with Gasteiger partial charge in [-0.3, -0.25) is 0 Å². The second-order valence-electron chi connectivity index (χ2n) is 3.68. The molecule has 0 saturated heterocycles. The zero-order valence-corrected chi connectivity index (χ0v) is 10.6. The van der Waals surface area contributed by atoms with E-state index in [1.807, 2.05) is 6.07 Å².